The molecule has 1 fully saturated rings. The van der Waals surface area contributed by atoms with Gasteiger partial charge < -0.3 is 10.1 Å². The summed E-state index contributed by atoms with van der Waals surface area (Å²) >= 11 is 0. The second-order valence-electron chi connectivity index (χ2n) is 5.19. The van der Waals surface area contributed by atoms with Crippen molar-refractivity contribution in [3.05, 3.63) is 0 Å². The quantitative estimate of drug-likeness (QED) is 0.686. The van der Waals surface area contributed by atoms with E-state index in [0.29, 0.717) is 6.04 Å². The standard InChI is InChI=1S/C14H29NO/c1-5-12(6-2)13(15-7-3)11-14(16-4)9-8-10-14/h12-13,15H,5-11H2,1-4H3. The van der Waals surface area contributed by atoms with Crippen molar-refractivity contribution in [1.82, 2.24) is 5.32 Å². The first-order chi connectivity index (χ1) is 7.71. The Hall–Kier alpha value is -0.0800. The Morgan fingerprint density at radius 3 is 2.12 bits per heavy atom. The molecule has 96 valence electrons. The van der Waals surface area contributed by atoms with Crippen molar-refractivity contribution in [2.75, 3.05) is 13.7 Å². The Balaban J connectivity index is 2.55. The first-order valence-electron chi connectivity index (χ1n) is 6.99. The van der Waals surface area contributed by atoms with Crippen LogP contribution < -0.4 is 5.32 Å². The van der Waals surface area contributed by atoms with Crippen molar-refractivity contribution in [3.63, 3.8) is 0 Å². The summed E-state index contributed by atoms with van der Waals surface area (Å²) in [6.45, 7) is 7.88. The molecule has 0 aromatic heterocycles. The molecule has 0 saturated heterocycles. The molecule has 0 radical (unpaired) electrons. The van der Waals surface area contributed by atoms with Gasteiger partial charge in [0, 0.05) is 13.2 Å². The SMILES string of the molecule is CCNC(CC1(OC)CCC1)C(CC)CC. The van der Waals surface area contributed by atoms with Crippen LogP contribution in [0.5, 0.6) is 0 Å². The molecular weight excluding hydrogens is 198 g/mol. The van der Waals surface area contributed by atoms with E-state index in [0.717, 1.165) is 12.5 Å². The van der Waals surface area contributed by atoms with Crippen LogP contribution in [0.25, 0.3) is 0 Å². The van der Waals surface area contributed by atoms with Crippen molar-refractivity contribution in [2.24, 2.45) is 5.92 Å². The van der Waals surface area contributed by atoms with Gasteiger partial charge in [0.05, 0.1) is 5.60 Å². The number of hydrogen-bond acceptors (Lipinski definition) is 2. The van der Waals surface area contributed by atoms with Crippen LogP contribution in [0, 0.1) is 5.92 Å². The number of ether oxygens (including phenoxy) is 1. The maximum Gasteiger partial charge on any atom is 0.0693 e. The predicted molar refractivity (Wildman–Crippen MR) is 69.7 cm³/mol. The van der Waals surface area contributed by atoms with E-state index in [-0.39, 0.29) is 5.60 Å². The number of hydrogen-bond donors (Lipinski definition) is 1. The van der Waals surface area contributed by atoms with Crippen LogP contribution in [0.3, 0.4) is 0 Å². The highest BCUT2D eigenvalue weighted by molar-refractivity contribution is 4.94. The molecule has 0 amide bonds. The van der Waals surface area contributed by atoms with Gasteiger partial charge in [-0.05, 0) is 38.1 Å². The fraction of sp³-hybridized carbons (Fsp3) is 1.00. The molecule has 0 aromatic rings. The predicted octanol–water partition coefficient (Wildman–Crippen LogP) is 3.36. The average Bonchev–Trinajstić information content (AvgIpc) is 2.25. The van der Waals surface area contributed by atoms with Gasteiger partial charge in [0.15, 0.2) is 0 Å². The van der Waals surface area contributed by atoms with Gasteiger partial charge in [0.1, 0.15) is 0 Å². The minimum Gasteiger partial charge on any atom is -0.378 e. The lowest BCUT2D eigenvalue weighted by Crippen LogP contribution is -2.48. The Morgan fingerprint density at radius 1 is 1.19 bits per heavy atom. The summed E-state index contributed by atoms with van der Waals surface area (Å²) in [5.41, 5.74) is 0.204. The van der Waals surface area contributed by atoms with E-state index >= 15 is 0 Å². The van der Waals surface area contributed by atoms with E-state index in [9.17, 15) is 0 Å². The van der Waals surface area contributed by atoms with E-state index in [1.165, 1.54) is 38.5 Å². The highest BCUT2D eigenvalue weighted by Gasteiger charge is 2.40. The van der Waals surface area contributed by atoms with Gasteiger partial charge in [-0.15, -0.1) is 0 Å². The summed E-state index contributed by atoms with van der Waals surface area (Å²) in [6.07, 6.45) is 7.60. The molecule has 2 nitrogen and oxygen atoms in total. The van der Waals surface area contributed by atoms with Crippen molar-refractivity contribution >= 4 is 0 Å². The Morgan fingerprint density at radius 2 is 1.81 bits per heavy atom. The molecule has 0 heterocycles. The summed E-state index contributed by atoms with van der Waals surface area (Å²) in [4.78, 5) is 0. The minimum atomic E-state index is 0.204. The summed E-state index contributed by atoms with van der Waals surface area (Å²) in [7, 11) is 1.88. The van der Waals surface area contributed by atoms with Crippen molar-refractivity contribution in [2.45, 2.75) is 70.9 Å². The molecular formula is C14H29NO. The van der Waals surface area contributed by atoms with E-state index in [2.05, 4.69) is 26.1 Å². The Labute approximate surface area is 101 Å². The summed E-state index contributed by atoms with van der Waals surface area (Å²) in [6, 6.07) is 0.639. The van der Waals surface area contributed by atoms with Gasteiger partial charge in [-0.3, -0.25) is 0 Å². The van der Waals surface area contributed by atoms with Crippen LogP contribution in [0.15, 0.2) is 0 Å². The zero-order valence-electron chi connectivity index (χ0n) is 11.5. The summed E-state index contributed by atoms with van der Waals surface area (Å²) in [5.74, 6) is 0.799. The van der Waals surface area contributed by atoms with Crippen molar-refractivity contribution in [3.8, 4) is 0 Å². The third-order valence-electron chi connectivity index (χ3n) is 4.37. The number of nitrogens with one attached hydrogen (secondary N) is 1. The summed E-state index contributed by atoms with van der Waals surface area (Å²) < 4.78 is 5.75. The highest BCUT2D eigenvalue weighted by Crippen LogP contribution is 2.40. The topological polar surface area (TPSA) is 21.3 Å². The van der Waals surface area contributed by atoms with Crippen molar-refractivity contribution < 1.29 is 4.74 Å². The smallest absolute Gasteiger partial charge is 0.0693 e. The largest absolute Gasteiger partial charge is 0.378 e. The molecule has 2 heteroatoms. The van der Waals surface area contributed by atoms with Crippen LogP contribution >= 0.6 is 0 Å². The average molecular weight is 227 g/mol. The lowest BCUT2D eigenvalue weighted by Gasteiger charge is -2.44. The molecule has 1 aliphatic carbocycles. The molecule has 1 atom stereocenters. The molecule has 1 aliphatic rings. The van der Waals surface area contributed by atoms with Crippen LogP contribution in [-0.2, 0) is 4.74 Å². The first-order valence-corrected chi connectivity index (χ1v) is 6.99. The number of methoxy groups -OCH3 is 1. The van der Waals surface area contributed by atoms with Gasteiger partial charge in [-0.2, -0.15) is 0 Å². The molecule has 0 aliphatic heterocycles. The lowest BCUT2D eigenvalue weighted by atomic mass is 9.73. The van der Waals surface area contributed by atoms with E-state index < -0.39 is 0 Å². The van der Waals surface area contributed by atoms with Gasteiger partial charge in [0.2, 0.25) is 0 Å². The van der Waals surface area contributed by atoms with Gasteiger partial charge >= 0.3 is 0 Å². The highest BCUT2D eigenvalue weighted by atomic mass is 16.5. The Kier molecular flexibility index (Phi) is 5.77. The first kappa shape index (κ1) is 14.0. The van der Waals surface area contributed by atoms with Crippen LogP contribution in [-0.4, -0.2) is 25.3 Å². The second kappa shape index (κ2) is 6.61. The van der Waals surface area contributed by atoms with Gasteiger partial charge in [-0.1, -0.05) is 33.6 Å². The Bertz CT molecular complexity index is 180. The molecule has 1 rings (SSSR count). The van der Waals surface area contributed by atoms with Crippen LogP contribution in [0.1, 0.15) is 59.3 Å². The fourth-order valence-corrected chi connectivity index (χ4v) is 2.99. The van der Waals surface area contributed by atoms with Crippen LogP contribution in [0.2, 0.25) is 0 Å². The molecule has 0 bridgehead atoms. The maximum atomic E-state index is 5.75. The third kappa shape index (κ3) is 3.21. The normalized spacial score (nSPS) is 20.8. The molecule has 0 spiro atoms. The zero-order valence-corrected chi connectivity index (χ0v) is 11.5. The van der Waals surface area contributed by atoms with Gasteiger partial charge in [0.25, 0.3) is 0 Å². The monoisotopic (exact) mass is 227 g/mol. The minimum absolute atomic E-state index is 0.204. The third-order valence-corrected chi connectivity index (χ3v) is 4.37. The lowest BCUT2D eigenvalue weighted by molar-refractivity contribution is -0.0870. The van der Waals surface area contributed by atoms with Crippen LogP contribution in [0.4, 0.5) is 0 Å². The van der Waals surface area contributed by atoms with E-state index in [1.807, 2.05) is 7.11 Å². The molecule has 1 saturated carbocycles. The molecule has 1 N–H and O–H groups in total. The molecule has 0 aromatic carbocycles. The van der Waals surface area contributed by atoms with E-state index in [1.54, 1.807) is 0 Å². The second-order valence-corrected chi connectivity index (χ2v) is 5.19. The maximum absolute atomic E-state index is 5.75. The molecule has 16 heavy (non-hydrogen) atoms. The molecule has 1 unspecified atom stereocenters. The zero-order chi connectivity index (χ0) is 12.0. The fourth-order valence-electron chi connectivity index (χ4n) is 2.99. The summed E-state index contributed by atoms with van der Waals surface area (Å²) in [5, 5.41) is 3.66. The van der Waals surface area contributed by atoms with Gasteiger partial charge in [-0.25, -0.2) is 0 Å². The number of rotatable bonds is 8. The van der Waals surface area contributed by atoms with E-state index in [4.69, 9.17) is 4.74 Å². The van der Waals surface area contributed by atoms with Crippen molar-refractivity contribution in [1.29, 1.82) is 0 Å².